The van der Waals surface area contributed by atoms with Gasteiger partial charge in [0.1, 0.15) is 0 Å². The molecule has 1 aromatic rings. The number of carbonyl (C=O) groups is 1. The van der Waals surface area contributed by atoms with Gasteiger partial charge in [-0.05, 0) is 18.9 Å². The topological polar surface area (TPSA) is 42.3 Å². The predicted octanol–water partition coefficient (Wildman–Crippen LogP) is 2.25. The van der Waals surface area contributed by atoms with Crippen LogP contribution in [0, 0.1) is 0 Å². The molecule has 0 atom stereocenters. The van der Waals surface area contributed by atoms with Crippen LogP contribution in [-0.4, -0.2) is 17.0 Å². The molecule has 0 bridgehead atoms. The molecule has 0 saturated heterocycles. The van der Waals surface area contributed by atoms with Crippen LogP contribution >= 0.6 is 0 Å². The number of hydrogen-bond donors (Lipinski definition) is 0. The third kappa shape index (κ3) is 1.16. The minimum Gasteiger partial charge on any atom is -0.294 e. The minimum atomic E-state index is 0.129. The van der Waals surface area contributed by atoms with Gasteiger partial charge in [0.25, 0.3) is 0 Å². The van der Waals surface area contributed by atoms with Gasteiger partial charge in [-0.2, -0.15) is 0 Å². The summed E-state index contributed by atoms with van der Waals surface area (Å²) in [7, 11) is 0. The second-order valence-corrected chi connectivity index (χ2v) is 3.84. The summed E-state index contributed by atoms with van der Waals surface area (Å²) in [5.74, 6) is 0.748. The Labute approximate surface area is 81.9 Å². The summed E-state index contributed by atoms with van der Waals surface area (Å²) in [4.78, 5) is 20.0. The molecular weight excluding hydrogens is 176 g/mol. The third-order valence-electron chi connectivity index (χ3n) is 2.71. The van der Waals surface area contributed by atoms with E-state index < -0.39 is 0 Å². The first-order valence-corrected chi connectivity index (χ1v) is 4.90. The first-order valence-electron chi connectivity index (χ1n) is 4.90. The maximum atomic E-state index is 11.5. The lowest BCUT2D eigenvalue weighted by Gasteiger charge is -2.08. The summed E-state index contributed by atoms with van der Waals surface area (Å²) >= 11 is 0. The predicted molar refractivity (Wildman–Crippen MR) is 53.3 cm³/mol. The Morgan fingerprint density at radius 2 is 2.21 bits per heavy atom. The first-order chi connectivity index (χ1) is 6.84. The van der Waals surface area contributed by atoms with Crippen LogP contribution in [-0.2, 0) is 0 Å². The highest BCUT2D eigenvalue weighted by Gasteiger charge is 2.26. The van der Waals surface area contributed by atoms with E-state index in [4.69, 9.17) is 0 Å². The smallest absolute Gasteiger partial charge is 0.171 e. The number of aromatic nitrogens is 1. The van der Waals surface area contributed by atoms with Crippen LogP contribution in [0.25, 0.3) is 0 Å². The lowest BCUT2D eigenvalue weighted by atomic mass is 10.1. The van der Waals surface area contributed by atoms with E-state index in [1.54, 1.807) is 12.4 Å². The maximum absolute atomic E-state index is 11.5. The Kier molecular flexibility index (Phi) is 1.54. The molecule has 0 amide bonds. The molecule has 1 saturated carbocycles. The average molecular weight is 186 g/mol. The summed E-state index contributed by atoms with van der Waals surface area (Å²) in [6, 6.07) is 1.96. The number of pyridine rings is 1. The number of Topliss-reactive ketones (excluding diaryl/α,β-unsaturated/α-hetero) is 1. The molecule has 2 heterocycles. The van der Waals surface area contributed by atoms with Gasteiger partial charge in [-0.1, -0.05) is 0 Å². The first kappa shape index (κ1) is 7.85. The van der Waals surface area contributed by atoms with Gasteiger partial charge in [-0.15, -0.1) is 0 Å². The van der Waals surface area contributed by atoms with E-state index >= 15 is 0 Å². The lowest BCUT2D eigenvalue weighted by Crippen LogP contribution is -2.05. The van der Waals surface area contributed by atoms with Gasteiger partial charge in [0, 0.05) is 30.4 Å². The summed E-state index contributed by atoms with van der Waals surface area (Å²) in [5, 5.41) is 0. The van der Waals surface area contributed by atoms with E-state index in [1.807, 2.05) is 6.07 Å². The number of nitrogens with zero attached hydrogens (tertiary/aromatic N) is 2. The number of carbonyl (C=O) groups excluding carboxylic acids is 1. The molecule has 0 spiro atoms. The van der Waals surface area contributed by atoms with Crippen LogP contribution in [0.3, 0.4) is 0 Å². The van der Waals surface area contributed by atoms with Crippen molar-refractivity contribution in [3.63, 3.8) is 0 Å². The molecule has 1 aliphatic carbocycles. The molecule has 1 aliphatic heterocycles. The average Bonchev–Trinajstić information content (AvgIpc) is 3.01. The number of rotatable bonds is 1. The molecule has 0 N–H and O–H groups in total. The molecule has 1 fully saturated rings. The molecule has 1 aromatic heterocycles. The highest BCUT2D eigenvalue weighted by molar-refractivity contribution is 6.09. The number of aliphatic imine (C=N–C) groups is 1. The zero-order chi connectivity index (χ0) is 9.54. The van der Waals surface area contributed by atoms with E-state index in [-0.39, 0.29) is 5.78 Å². The molecule has 0 unspecified atom stereocenters. The molecule has 3 nitrogen and oxygen atoms in total. The quantitative estimate of drug-likeness (QED) is 0.675. The van der Waals surface area contributed by atoms with Crippen molar-refractivity contribution < 1.29 is 4.79 Å². The van der Waals surface area contributed by atoms with Crippen LogP contribution < -0.4 is 0 Å². The summed E-state index contributed by atoms with van der Waals surface area (Å²) in [5.41, 5.74) is 2.57. The van der Waals surface area contributed by atoms with Gasteiger partial charge in [0.2, 0.25) is 0 Å². The molecule has 14 heavy (non-hydrogen) atoms. The Bertz CT molecular complexity index is 433. The van der Waals surface area contributed by atoms with Crippen LogP contribution in [0.2, 0.25) is 0 Å². The lowest BCUT2D eigenvalue weighted by molar-refractivity contribution is 0.100. The molecule has 70 valence electrons. The van der Waals surface area contributed by atoms with E-state index in [0.717, 1.165) is 11.4 Å². The fraction of sp³-hybridized carbons (Fsp3) is 0.364. The largest absolute Gasteiger partial charge is 0.294 e. The SMILES string of the molecule is O=C1CC=Nc2cc(C3CC3)ncc21. The van der Waals surface area contributed by atoms with Crippen LogP contribution in [0.5, 0.6) is 0 Å². The van der Waals surface area contributed by atoms with Crippen LogP contribution in [0.4, 0.5) is 5.69 Å². The van der Waals surface area contributed by atoms with Gasteiger partial charge in [0.15, 0.2) is 5.78 Å². The number of fused-ring (bicyclic) bond motifs is 1. The highest BCUT2D eigenvalue weighted by atomic mass is 16.1. The van der Waals surface area contributed by atoms with Crippen molar-refractivity contribution in [2.24, 2.45) is 4.99 Å². The van der Waals surface area contributed by atoms with Crippen molar-refractivity contribution in [3.05, 3.63) is 23.5 Å². The fourth-order valence-corrected chi connectivity index (χ4v) is 1.72. The van der Waals surface area contributed by atoms with E-state index in [9.17, 15) is 4.79 Å². The van der Waals surface area contributed by atoms with Crippen molar-refractivity contribution in [1.82, 2.24) is 4.98 Å². The molecule has 2 aliphatic rings. The zero-order valence-electron chi connectivity index (χ0n) is 7.73. The molecular formula is C11H10N2O. The number of hydrogen-bond acceptors (Lipinski definition) is 3. The standard InChI is InChI=1S/C11H10N2O/c14-11-3-4-12-10-5-9(7-1-2-7)13-6-8(10)11/h4-7H,1-3H2. The summed E-state index contributed by atoms with van der Waals surface area (Å²) in [6.07, 6.45) is 6.23. The summed E-state index contributed by atoms with van der Waals surface area (Å²) < 4.78 is 0. The maximum Gasteiger partial charge on any atom is 0.171 e. The van der Waals surface area contributed by atoms with Crippen LogP contribution in [0.15, 0.2) is 17.3 Å². The van der Waals surface area contributed by atoms with Crippen LogP contribution in [0.1, 0.15) is 41.2 Å². The Balaban J connectivity index is 2.10. The molecule has 3 rings (SSSR count). The van der Waals surface area contributed by atoms with Crippen molar-refractivity contribution in [3.8, 4) is 0 Å². The third-order valence-corrected chi connectivity index (χ3v) is 2.71. The normalized spacial score (nSPS) is 19.6. The summed E-state index contributed by atoms with van der Waals surface area (Å²) in [6.45, 7) is 0. The number of ketones is 1. The molecule has 3 heteroatoms. The van der Waals surface area contributed by atoms with Gasteiger partial charge >= 0.3 is 0 Å². The van der Waals surface area contributed by atoms with Gasteiger partial charge in [-0.3, -0.25) is 14.8 Å². The van der Waals surface area contributed by atoms with Crippen molar-refractivity contribution in [1.29, 1.82) is 0 Å². The van der Waals surface area contributed by atoms with Gasteiger partial charge in [-0.25, -0.2) is 0 Å². The van der Waals surface area contributed by atoms with Crippen molar-refractivity contribution in [2.75, 3.05) is 0 Å². The molecule has 0 radical (unpaired) electrons. The fourth-order valence-electron chi connectivity index (χ4n) is 1.72. The Hall–Kier alpha value is -1.51. The minimum absolute atomic E-state index is 0.129. The van der Waals surface area contributed by atoms with Gasteiger partial charge in [0.05, 0.1) is 11.3 Å². The van der Waals surface area contributed by atoms with Crippen molar-refractivity contribution >= 4 is 17.7 Å². The van der Waals surface area contributed by atoms with E-state index in [2.05, 4.69) is 9.98 Å². The van der Waals surface area contributed by atoms with E-state index in [1.165, 1.54) is 12.8 Å². The highest BCUT2D eigenvalue weighted by Crippen LogP contribution is 2.40. The van der Waals surface area contributed by atoms with Crippen molar-refractivity contribution in [2.45, 2.75) is 25.2 Å². The molecule has 0 aromatic carbocycles. The Morgan fingerprint density at radius 1 is 1.36 bits per heavy atom. The second-order valence-electron chi connectivity index (χ2n) is 3.84. The zero-order valence-corrected chi connectivity index (χ0v) is 7.73. The monoisotopic (exact) mass is 186 g/mol. The Morgan fingerprint density at radius 3 is 3.00 bits per heavy atom. The van der Waals surface area contributed by atoms with Gasteiger partial charge < -0.3 is 0 Å². The second kappa shape index (κ2) is 2.74. The van der Waals surface area contributed by atoms with E-state index in [0.29, 0.717) is 17.9 Å².